The Kier molecular flexibility index (Phi) is 5.72. The minimum absolute atomic E-state index is 0.154. The maximum absolute atomic E-state index is 8.84. The first kappa shape index (κ1) is 15.2. The molecule has 4 heteroatoms. The second-order valence-corrected chi connectivity index (χ2v) is 5.30. The Hall–Kier alpha value is -1.22. The van der Waals surface area contributed by atoms with E-state index >= 15 is 0 Å². The van der Waals surface area contributed by atoms with E-state index in [9.17, 15) is 0 Å². The van der Waals surface area contributed by atoms with Crippen molar-refractivity contribution in [3.05, 3.63) is 63.6 Å². The van der Waals surface area contributed by atoms with E-state index in [-0.39, 0.29) is 6.61 Å². The van der Waals surface area contributed by atoms with Crippen LogP contribution in [0.2, 0.25) is 10.0 Å². The predicted octanol–water partition coefficient (Wildman–Crippen LogP) is 4.50. The van der Waals surface area contributed by atoms with Gasteiger partial charge in [0.1, 0.15) is 6.61 Å². The van der Waals surface area contributed by atoms with Crippen molar-refractivity contribution in [1.82, 2.24) is 0 Å². The summed E-state index contributed by atoms with van der Waals surface area (Å²) < 4.78 is 5.70. The maximum Gasteiger partial charge on any atom is 0.156 e. The average Bonchev–Trinajstić information content (AvgIpc) is 2.45. The predicted molar refractivity (Wildman–Crippen MR) is 82.6 cm³/mol. The number of aryl methyl sites for hydroxylation is 1. The number of aliphatic hydroxyl groups is 1. The Morgan fingerprint density at radius 3 is 2.20 bits per heavy atom. The van der Waals surface area contributed by atoms with E-state index in [0.717, 1.165) is 17.5 Å². The summed E-state index contributed by atoms with van der Waals surface area (Å²) in [4.78, 5) is 0. The van der Waals surface area contributed by atoms with Crippen LogP contribution in [0.4, 0.5) is 0 Å². The molecule has 20 heavy (non-hydrogen) atoms. The van der Waals surface area contributed by atoms with Crippen molar-refractivity contribution in [2.45, 2.75) is 19.4 Å². The molecule has 2 aromatic carbocycles. The third-order valence-electron chi connectivity index (χ3n) is 2.91. The van der Waals surface area contributed by atoms with Crippen LogP contribution in [0.15, 0.2) is 42.5 Å². The fourth-order valence-electron chi connectivity index (χ4n) is 1.91. The molecule has 2 rings (SSSR count). The van der Waals surface area contributed by atoms with Gasteiger partial charge in [-0.2, -0.15) is 0 Å². The molecule has 2 aromatic rings. The van der Waals surface area contributed by atoms with Crippen LogP contribution in [0, 0.1) is 0 Å². The summed E-state index contributed by atoms with van der Waals surface area (Å²) >= 11 is 12.4. The van der Waals surface area contributed by atoms with Crippen molar-refractivity contribution in [1.29, 1.82) is 0 Å². The second-order valence-electron chi connectivity index (χ2n) is 4.49. The zero-order valence-electron chi connectivity index (χ0n) is 11.0. The van der Waals surface area contributed by atoms with Gasteiger partial charge in [0.05, 0.1) is 10.0 Å². The molecule has 0 bridgehead atoms. The van der Waals surface area contributed by atoms with Gasteiger partial charge in [-0.15, -0.1) is 0 Å². The highest BCUT2D eigenvalue weighted by atomic mass is 35.5. The van der Waals surface area contributed by atoms with Crippen molar-refractivity contribution in [3.63, 3.8) is 0 Å². The van der Waals surface area contributed by atoms with Crippen LogP contribution < -0.4 is 4.74 Å². The van der Waals surface area contributed by atoms with E-state index in [4.69, 9.17) is 33.0 Å². The van der Waals surface area contributed by atoms with Crippen molar-refractivity contribution in [2.24, 2.45) is 0 Å². The van der Waals surface area contributed by atoms with E-state index < -0.39 is 0 Å². The molecule has 0 saturated carbocycles. The number of rotatable bonds is 6. The smallest absolute Gasteiger partial charge is 0.156 e. The number of aliphatic hydroxyl groups excluding tert-OH is 1. The van der Waals surface area contributed by atoms with Gasteiger partial charge in [0.15, 0.2) is 5.75 Å². The molecule has 0 aliphatic carbocycles. The van der Waals surface area contributed by atoms with Crippen LogP contribution in [-0.2, 0) is 13.0 Å². The van der Waals surface area contributed by atoms with Gasteiger partial charge in [-0.05, 0) is 36.1 Å². The van der Waals surface area contributed by atoms with E-state index in [1.807, 2.05) is 42.5 Å². The van der Waals surface area contributed by atoms with Gasteiger partial charge in [-0.3, -0.25) is 0 Å². The Morgan fingerprint density at radius 2 is 1.60 bits per heavy atom. The van der Waals surface area contributed by atoms with Crippen molar-refractivity contribution >= 4 is 23.2 Å². The molecule has 0 heterocycles. The highest BCUT2D eigenvalue weighted by molar-refractivity contribution is 6.37. The zero-order chi connectivity index (χ0) is 14.4. The van der Waals surface area contributed by atoms with Gasteiger partial charge in [0, 0.05) is 6.61 Å². The third kappa shape index (κ3) is 4.14. The molecule has 0 aromatic heterocycles. The Balaban J connectivity index is 2.08. The van der Waals surface area contributed by atoms with Crippen molar-refractivity contribution < 1.29 is 9.84 Å². The van der Waals surface area contributed by atoms with Gasteiger partial charge in [-0.1, -0.05) is 53.5 Å². The monoisotopic (exact) mass is 310 g/mol. The summed E-state index contributed by atoms with van der Waals surface area (Å²) in [7, 11) is 0. The number of hydrogen-bond acceptors (Lipinski definition) is 2. The molecule has 106 valence electrons. The first-order valence-electron chi connectivity index (χ1n) is 6.46. The molecule has 0 saturated heterocycles. The molecule has 0 unspecified atom stereocenters. The summed E-state index contributed by atoms with van der Waals surface area (Å²) in [6.45, 7) is 0.581. The minimum Gasteiger partial charge on any atom is -0.486 e. The largest absolute Gasteiger partial charge is 0.486 e. The van der Waals surface area contributed by atoms with E-state index in [0.29, 0.717) is 28.8 Å². The van der Waals surface area contributed by atoms with E-state index in [1.54, 1.807) is 0 Å². The topological polar surface area (TPSA) is 29.5 Å². The number of ether oxygens (including phenoxy) is 1. The Bertz CT molecular complexity index is 533. The molecule has 0 radical (unpaired) electrons. The number of benzene rings is 2. The molecule has 0 atom stereocenters. The van der Waals surface area contributed by atoms with Crippen LogP contribution in [-0.4, -0.2) is 11.7 Å². The lowest BCUT2D eigenvalue weighted by Crippen LogP contribution is -1.98. The molecule has 1 N–H and O–H groups in total. The standard InChI is InChI=1S/C16H16Cl2O2/c17-14-9-13(7-4-8-19)10-15(18)16(14)20-11-12-5-2-1-3-6-12/h1-3,5-6,9-10,19H,4,7-8,11H2. The highest BCUT2D eigenvalue weighted by Gasteiger charge is 2.10. The second kappa shape index (κ2) is 7.53. The molecule has 0 amide bonds. The van der Waals surface area contributed by atoms with Crippen LogP contribution >= 0.6 is 23.2 Å². The van der Waals surface area contributed by atoms with Gasteiger partial charge >= 0.3 is 0 Å². The third-order valence-corrected chi connectivity index (χ3v) is 3.47. The number of halogens is 2. The zero-order valence-corrected chi connectivity index (χ0v) is 12.5. The molecular formula is C16H16Cl2O2. The maximum atomic E-state index is 8.84. The molecule has 0 fully saturated rings. The van der Waals surface area contributed by atoms with Gasteiger partial charge < -0.3 is 9.84 Å². The highest BCUT2D eigenvalue weighted by Crippen LogP contribution is 2.35. The minimum atomic E-state index is 0.154. The van der Waals surface area contributed by atoms with Gasteiger partial charge in [0.2, 0.25) is 0 Å². The van der Waals surface area contributed by atoms with Crippen LogP contribution in [0.5, 0.6) is 5.75 Å². The van der Waals surface area contributed by atoms with Crippen molar-refractivity contribution in [2.75, 3.05) is 6.61 Å². The van der Waals surface area contributed by atoms with Crippen LogP contribution in [0.1, 0.15) is 17.5 Å². The summed E-state index contributed by atoms with van der Waals surface area (Å²) in [5.74, 6) is 0.505. The summed E-state index contributed by atoms with van der Waals surface area (Å²) in [5.41, 5.74) is 2.06. The normalized spacial score (nSPS) is 10.6. The lowest BCUT2D eigenvalue weighted by atomic mass is 10.1. The number of hydrogen-bond donors (Lipinski definition) is 1. The van der Waals surface area contributed by atoms with Gasteiger partial charge in [0.25, 0.3) is 0 Å². The SMILES string of the molecule is OCCCc1cc(Cl)c(OCc2ccccc2)c(Cl)c1. The van der Waals surface area contributed by atoms with Crippen LogP contribution in [0.3, 0.4) is 0 Å². The van der Waals surface area contributed by atoms with E-state index in [1.165, 1.54) is 0 Å². The van der Waals surface area contributed by atoms with E-state index in [2.05, 4.69) is 0 Å². The Morgan fingerprint density at radius 1 is 0.950 bits per heavy atom. The molecule has 0 aliphatic rings. The fraction of sp³-hybridized carbons (Fsp3) is 0.250. The van der Waals surface area contributed by atoms with Crippen molar-refractivity contribution in [3.8, 4) is 5.75 Å². The molecule has 2 nitrogen and oxygen atoms in total. The lowest BCUT2D eigenvalue weighted by molar-refractivity contribution is 0.288. The summed E-state index contributed by atoms with van der Waals surface area (Å²) in [6.07, 6.45) is 1.44. The average molecular weight is 311 g/mol. The molecule has 0 spiro atoms. The quantitative estimate of drug-likeness (QED) is 0.851. The Labute approximate surface area is 128 Å². The first-order chi connectivity index (χ1) is 9.70. The van der Waals surface area contributed by atoms with Crippen LogP contribution in [0.25, 0.3) is 0 Å². The summed E-state index contributed by atoms with van der Waals surface area (Å²) in [5, 5.41) is 9.84. The molecular weight excluding hydrogens is 295 g/mol. The fourth-order valence-corrected chi connectivity index (χ4v) is 2.55. The van der Waals surface area contributed by atoms with Gasteiger partial charge in [-0.25, -0.2) is 0 Å². The summed E-state index contributed by atoms with van der Waals surface area (Å²) in [6, 6.07) is 13.5. The molecule has 0 aliphatic heterocycles. The first-order valence-corrected chi connectivity index (χ1v) is 7.22. The lowest BCUT2D eigenvalue weighted by Gasteiger charge is -2.12.